The summed E-state index contributed by atoms with van der Waals surface area (Å²) < 4.78 is 30.8. The largest absolute Gasteiger partial charge is 0.379 e. The van der Waals surface area contributed by atoms with E-state index in [1.807, 2.05) is 30.3 Å². The second-order valence-corrected chi connectivity index (χ2v) is 8.55. The van der Waals surface area contributed by atoms with Crippen molar-refractivity contribution in [2.24, 2.45) is 5.92 Å². The van der Waals surface area contributed by atoms with E-state index in [-0.39, 0.29) is 23.6 Å². The Morgan fingerprint density at radius 2 is 2.04 bits per heavy atom. The van der Waals surface area contributed by atoms with Crippen LogP contribution in [0.3, 0.4) is 0 Å². The third kappa shape index (κ3) is 3.81. The molecule has 0 saturated carbocycles. The van der Waals surface area contributed by atoms with Crippen LogP contribution in [0, 0.1) is 5.92 Å². The Labute approximate surface area is 147 Å². The molecule has 0 bridgehead atoms. The molecule has 1 N–H and O–H groups in total. The van der Waals surface area contributed by atoms with Gasteiger partial charge in [-0.15, -0.1) is 0 Å². The number of sulfonamides is 1. The van der Waals surface area contributed by atoms with Crippen LogP contribution in [-0.2, 0) is 14.8 Å². The lowest BCUT2D eigenvalue weighted by Gasteiger charge is -2.21. The molecule has 2 aromatic rings. The lowest BCUT2D eigenvalue weighted by molar-refractivity contribution is 0.0923. The summed E-state index contributed by atoms with van der Waals surface area (Å²) in [5, 5.41) is 4.58. The lowest BCUT2D eigenvalue weighted by atomic mass is 10.1. The zero-order chi connectivity index (χ0) is 18.0. The third-order valence-corrected chi connectivity index (χ3v) is 6.35. The van der Waals surface area contributed by atoms with Crippen LogP contribution in [0.1, 0.15) is 10.5 Å². The molecule has 0 spiro atoms. The van der Waals surface area contributed by atoms with Crippen molar-refractivity contribution in [3.05, 3.63) is 42.2 Å². The molecule has 1 aromatic carbocycles. The zero-order valence-electron chi connectivity index (χ0n) is 14.2. The van der Waals surface area contributed by atoms with Crippen molar-refractivity contribution < 1.29 is 17.9 Å². The maximum atomic E-state index is 12.7. The number of nitrogens with one attached hydrogen (secondary N) is 1. The van der Waals surface area contributed by atoms with E-state index in [0.29, 0.717) is 18.9 Å². The van der Waals surface area contributed by atoms with E-state index in [9.17, 15) is 13.2 Å². The van der Waals surface area contributed by atoms with Gasteiger partial charge in [0.1, 0.15) is 5.69 Å². The minimum absolute atomic E-state index is 0.0616. The molecule has 0 radical (unpaired) electrons. The lowest BCUT2D eigenvalue weighted by Crippen LogP contribution is -2.43. The van der Waals surface area contributed by atoms with Crippen LogP contribution in [0.4, 0.5) is 0 Å². The number of hydrogen-bond donors (Lipinski definition) is 1. The predicted octanol–water partition coefficient (Wildman–Crippen LogP) is 0.871. The van der Waals surface area contributed by atoms with Gasteiger partial charge in [-0.05, 0) is 11.5 Å². The number of ether oxygens (including phenoxy) is 1. The van der Waals surface area contributed by atoms with Crippen LogP contribution in [0.15, 0.2) is 36.5 Å². The van der Waals surface area contributed by atoms with Crippen LogP contribution >= 0.6 is 0 Å². The maximum absolute atomic E-state index is 12.7. The van der Waals surface area contributed by atoms with Gasteiger partial charge in [-0.2, -0.15) is 0 Å². The van der Waals surface area contributed by atoms with Crippen molar-refractivity contribution in [3.63, 3.8) is 0 Å². The summed E-state index contributed by atoms with van der Waals surface area (Å²) in [5.41, 5.74) is 0.333. The van der Waals surface area contributed by atoms with Gasteiger partial charge in [0.2, 0.25) is 10.0 Å². The first-order chi connectivity index (χ1) is 11.9. The highest BCUT2D eigenvalue weighted by molar-refractivity contribution is 7.89. The number of hydrogen-bond acceptors (Lipinski definition) is 5. The Bertz CT molecular complexity index is 877. The van der Waals surface area contributed by atoms with Gasteiger partial charge in [-0.25, -0.2) is 12.7 Å². The SMILES string of the molecule is CN(C)S(=O)(=O)C[C@@H]1COC[C@H]1NC(=O)c1nccc2ccccc12. The van der Waals surface area contributed by atoms with Crippen LogP contribution in [0.5, 0.6) is 0 Å². The van der Waals surface area contributed by atoms with E-state index in [2.05, 4.69) is 10.3 Å². The number of amides is 1. The highest BCUT2D eigenvalue weighted by atomic mass is 32.2. The first-order valence-corrected chi connectivity index (χ1v) is 9.62. The van der Waals surface area contributed by atoms with Gasteiger partial charge in [-0.1, -0.05) is 24.3 Å². The van der Waals surface area contributed by atoms with Gasteiger partial charge in [0.05, 0.1) is 25.0 Å². The molecule has 7 nitrogen and oxygen atoms in total. The average Bonchev–Trinajstić information content (AvgIpc) is 3.00. The monoisotopic (exact) mass is 363 g/mol. The fraction of sp³-hybridized carbons (Fsp3) is 0.412. The molecule has 3 rings (SSSR count). The smallest absolute Gasteiger partial charge is 0.270 e. The van der Waals surface area contributed by atoms with Gasteiger partial charge in [-0.3, -0.25) is 9.78 Å². The summed E-state index contributed by atoms with van der Waals surface area (Å²) in [5.74, 6) is -0.667. The number of pyridine rings is 1. The standard InChI is InChI=1S/C17H21N3O4S/c1-20(2)25(22,23)11-13-9-24-10-15(13)19-17(21)16-14-6-4-3-5-12(14)7-8-18-16/h3-8,13,15H,9-11H2,1-2H3,(H,19,21)/t13-,15+/m0/s1. The van der Waals surface area contributed by atoms with Crippen LogP contribution in [0.25, 0.3) is 10.8 Å². The molecule has 0 unspecified atom stereocenters. The van der Waals surface area contributed by atoms with Crippen molar-refractivity contribution in [2.45, 2.75) is 6.04 Å². The summed E-state index contributed by atoms with van der Waals surface area (Å²) in [7, 11) is -0.366. The Hall–Kier alpha value is -2.03. The minimum atomic E-state index is -3.36. The van der Waals surface area contributed by atoms with E-state index < -0.39 is 10.0 Å². The first kappa shape index (κ1) is 17.8. The van der Waals surface area contributed by atoms with E-state index in [4.69, 9.17) is 4.74 Å². The number of benzene rings is 1. The number of aromatic nitrogens is 1. The molecule has 2 atom stereocenters. The van der Waals surface area contributed by atoms with Gasteiger partial charge < -0.3 is 10.1 Å². The fourth-order valence-corrected chi connectivity index (χ4v) is 4.05. The Morgan fingerprint density at radius 3 is 2.80 bits per heavy atom. The van der Waals surface area contributed by atoms with Crippen molar-refractivity contribution >= 4 is 26.7 Å². The fourth-order valence-electron chi connectivity index (χ4n) is 2.88. The number of rotatable bonds is 5. The Morgan fingerprint density at radius 1 is 1.28 bits per heavy atom. The molecule has 1 aliphatic heterocycles. The van der Waals surface area contributed by atoms with Crippen LogP contribution < -0.4 is 5.32 Å². The molecule has 0 aliphatic carbocycles. The molecule has 8 heteroatoms. The predicted molar refractivity (Wildman–Crippen MR) is 94.8 cm³/mol. The molecule has 1 amide bonds. The van der Waals surface area contributed by atoms with E-state index in [1.54, 1.807) is 6.20 Å². The van der Waals surface area contributed by atoms with Crippen molar-refractivity contribution in [3.8, 4) is 0 Å². The molecule has 25 heavy (non-hydrogen) atoms. The van der Waals surface area contributed by atoms with Crippen LogP contribution in [-0.4, -0.2) is 62.7 Å². The molecule has 1 aliphatic rings. The Balaban J connectivity index is 1.78. The van der Waals surface area contributed by atoms with E-state index >= 15 is 0 Å². The van der Waals surface area contributed by atoms with Crippen molar-refractivity contribution in [1.82, 2.24) is 14.6 Å². The third-order valence-electron chi connectivity index (χ3n) is 4.38. The number of fused-ring (bicyclic) bond motifs is 1. The summed E-state index contributed by atoms with van der Waals surface area (Å²) in [6.45, 7) is 0.602. The molecule has 134 valence electrons. The first-order valence-electron chi connectivity index (χ1n) is 8.01. The molecule has 2 heterocycles. The normalized spacial score (nSPS) is 20.9. The van der Waals surface area contributed by atoms with Crippen LogP contribution in [0.2, 0.25) is 0 Å². The summed E-state index contributed by atoms with van der Waals surface area (Å²) in [6.07, 6.45) is 1.59. The van der Waals surface area contributed by atoms with Crippen molar-refractivity contribution in [1.29, 1.82) is 0 Å². The Kier molecular flexibility index (Phi) is 5.03. The topological polar surface area (TPSA) is 88.6 Å². The van der Waals surface area contributed by atoms with E-state index in [1.165, 1.54) is 18.4 Å². The maximum Gasteiger partial charge on any atom is 0.270 e. The second kappa shape index (κ2) is 7.07. The molecule has 1 saturated heterocycles. The number of carbonyl (C=O) groups is 1. The summed E-state index contributed by atoms with van der Waals surface area (Å²) in [6, 6.07) is 9.00. The summed E-state index contributed by atoms with van der Waals surface area (Å²) in [4.78, 5) is 16.9. The quantitative estimate of drug-likeness (QED) is 0.852. The molecular weight excluding hydrogens is 342 g/mol. The second-order valence-electron chi connectivity index (χ2n) is 6.32. The van der Waals surface area contributed by atoms with E-state index in [0.717, 1.165) is 10.8 Å². The highest BCUT2D eigenvalue weighted by Crippen LogP contribution is 2.20. The minimum Gasteiger partial charge on any atom is -0.379 e. The molecular formula is C17H21N3O4S. The molecule has 1 fully saturated rings. The number of nitrogens with zero attached hydrogens (tertiary/aromatic N) is 2. The van der Waals surface area contributed by atoms with Gasteiger partial charge in [0, 0.05) is 31.6 Å². The highest BCUT2D eigenvalue weighted by Gasteiger charge is 2.34. The van der Waals surface area contributed by atoms with Gasteiger partial charge in [0.15, 0.2) is 0 Å². The number of carbonyl (C=O) groups excluding carboxylic acids is 1. The average molecular weight is 363 g/mol. The molecule has 1 aromatic heterocycles. The van der Waals surface area contributed by atoms with Crippen molar-refractivity contribution in [2.75, 3.05) is 33.1 Å². The van der Waals surface area contributed by atoms with Gasteiger partial charge >= 0.3 is 0 Å². The zero-order valence-corrected chi connectivity index (χ0v) is 15.0. The summed E-state index contributed by atoms with van der Waals surface area (Å²) >= 11 is 0. The van der Waals surface area contributed by atoms with Gasteiger partial charge in [0.25, 0.3) is 5.91 Å².